The van der Waals surface area contributed by atoms with Crippen LogP contribution in [0.1, 0.15) is 71.6 Å². The molecule has 0 aliphatic carbocycles. The lowest BCUT2D eigenvalue weighted by atomic mass is 10.1. The van der Waals surface area contributed by atoms with Crippen molar-refractivity contribution in [2.75, 3.05) is 0 Å². The molecule has 0 amide bonds. The summed E-state index contributed by atoms with van der Waals surface area (Å²) in [5.74, 6) is -1.86. The lowest BCUT2D eigenvalue weighted by Crippen LogP contribution is -2.12. The molecular formula is C15H30O6. The first-order valence-electron chi connectivity index (χ1n) is 7.63. The topological polar surface area (TPSA) is 115 Å². The van der Waals surface area contributed by atoms with Crippen molar-refractivity contribution in [3.63, 3.8) is 0 Å². The molecule has 0 fully saturated rings. The van der Waals surface area contributed by atoms with E-state index >= 15 is 0 Å². The van der Waals surface area contributed by atoms with Crippen LogP contribution in [0.25, 0.3) is 0 Å². The molecule has 0 aliphatic heterocycles. The van der Waals surface area contributed by atoms with Crippen molar-refractivity contribution in [1.29, 1.82) is 0 Å². The number of rotatable bonds is 11. The highest BCUT2D eigenvalue weighted by Gasteiger charge is 2.08. The Balaban J connectivity index is 0. The summed E-state index contributed by atoms with van der Waals surface area (Å²) in [7, 11) is 0. The Kier molecular flexibility index (Phi) is 16.1. The van der Waals surface area contributed by atoms with Gasteiger partial charge < -0.3 is 20.4 Å². The van der Waals surface area contributed by atoms with Gasteiger partial charge in [-0.2, -0.15) is 0 Å². The van der Waals surface area contributed by atoms with Gasteiger partial charge in [-0.1, -0.05) is 46.0 Å². The van der Waals surface area contributed by atoms with E-state index in [4.69, 9.17) is 15.3 Å². The highest BCUT2D eigenvalue weighted by atomic mass is 16.4. The second kappa shape index (κ2) is 15.3. The van der Waals surface area contributed by atoms with E-state index in [1.165, 1.54) is 19.3 Å². The Labute approximate surface area is 126 Å². The van der Waals surface area contributed by atoms with E-state index in [-0.39, 0.29) is 12.8 Å². The predicted octanol–water partition coefficient (Wildman–Crippen LogP) is 2.41. The third-order valence-electron chi connectivity index (χ3n) is 2.93. The minimum absolute atomic E-state index is 0.117. The molecule has 0 aliphatic rings. The van der Waals surface area contributed by atoms with E-state index in [1.807, 2.05) is 0 Å². The van der Waals surface area contributed by atoms with Crippen LogP contribution in [0.2, 0.25) is 0 Å². The van der Waals surface area contributed by atoms with Crippen molar-refractivity contribution < 1.29 is 30.0 Å². The minimum Gasteiger partial charge on any atom is -0.481 e. The summed E-state index contributed by atoms with van der Waals surface area (Å²) in [6.45, 7) is 3.90. The lowest BCUT2D eigenvalue weighted by molar-refractivity contribution is -0.140. The zero-order valence-corrected chi connectivity index (χ0v) is 13.1. The smallest absolute Gasteiger partial charge is 0.305 e. The van der Waals surface area contributed by atoms with Crippen molar-refractivity contribution in [3.8, 4) is 0 Å². The van der Waals surface area contributed by atoms with Crippen molar-refractivity contribution in [3.05, 3.63) is 0 Å². The maximum Gasteiger partial charge on any atom is 0.305 e. The van der Waals surface area contributed by atoms with Gasteiger partial charge in [0, 0.05) is 0 Å². The third kappa shape index (κ3) is 21.3. The van der Waals surface area contributed by atoms with E-state index in [1.54, 1.807) is 6.92 Å². The van der Waals surface area contributed by atoms with E-state index in [0.29, 0.717) is 12.8 Å². The van der Waals surface area contributed by atoms with Crippen LogP contribution in [0.3, 0.4) is 0 Å². The van der Waals surface area contributed by atoms with E-state index in [2.05, 4.69) is 6.92 Å². The molecule has 0 saturated carbocycles. The molecular weight excluding hydrogens is 276 g/mol. The molecule has 4 N–H and O–H groups in total. The number of aliphatic hydroxyl groups is 2. The number of unbranched alkanes of at least 4 members (excludes halogenated alkanes) is 4. The molecule has 6 heteroatoms. The van der Waals surface area contributed by atoms with Gasteiger partial charge in [0.05, 0.1) is 25.0 Å². The molecule has 0 heterocycles. The van der Waals surface area contributed by atoms with Crippen LogP contribution in [-0.2, 0) is 9.59 Å². The van der Waals surface area contributed by atoms with Crippen LogP contribution in [0.5, 0.6) is 0 Å². The van der Waals surface area contributed by atoms with Crippen LogP contribution in [0.15, 0.2) is 0 Å². The fraction of sp³-hybridized carbons (Fsp3) is 0.867. The van der Waals surface area contributed by atoms with Crippen molar-refractivity contribution in [2.24, 2.45) is 0 Å². The summed E-state index contributed by atoms with van der Waals surface area (Å²) in [5.41, 5.74) is 0. The predicted molar refractivity (Wildman–Crippen MR) is 80.2 cm³/mol. The Morgan fingerprint density at radius 3 is 1.67 bits per heavy atom. The number of aliphatic carboxylic acids is 2. The molecule has 0 rings (SSSR count). The normalized spacial score (nSPS) is 13.0. The van der Waals surface area contributed by atoms with E-state index in [9.17, 15) is 14.7 Å². The second-order valence-corrected chi connectivity index (χ2v) is 5.11. The maximum absolute atomic E-state index is 10.2. The summed E-state index contributed by atoms with van der Waals surface area (Å²) < 4.78 is 0. The number of carbonyl (C=O) groups is 2. The largest absolute Gasteiger partial charge is 0.481 e. The quantitative estimate of drug-likeness (QED) is 0.436. The molecule has 0 aromatic carbocycles. The number of carboxylic acids is 2. The fourth-order valence-corrected chi connectivity index (χ4v) is 1.63. The maximum atomic E-state index is 10.2. The molecule has 126 valence electrons. The van der Waals surface area contributed by atoms with Gasteiger partial charge >= 0.3 is 11.9 Å². The van der Waals surface area contributed by atoms with Crippen LogP contribution >= 0.6 is 0 Å². The Morgan fingerprint density at radius 2 is 1.29 bits per heavy atom. The van der Waals surface area contributed by atoms with Crippen molar-refractivity contribution in [2.45, 2.75) is 83.8 Å². The fourth-order valence-electron chi connectivity index (χ4n) is 1.63. The van der Waals surface area contributed by atoms with Gasteiger partial charge in [0.1, 0.15) is 0 Å². The van der Waals surface area contributed by atoms with E-state index < -0.39 is 24.1 Å². The lowest BCUT2D eigenvalue weighted by Gasteiger charge is -2.06. The molecule has 2 atom stereocenters. The molecule has 0 aromatic rings. The summed E-state index contributed by atoms with van der Waals surface area (Å²) in [5, 5.41) is 34.3. The Morgan fingerprint density at radius 1 is 0.810 bits per heavy atom. The number of carboxylic acid groups (broad SMARTS) is 2. The number of aliphatic hydroxyl groups excluding tert-OH is 2. The zero-order valence-electron chi connectivity index (χ0n) is 13.1. The van der Waals surface area contributed by atoms with Gasteiger partial charge in [-0.25, -0.2) is 0 Å². The van der Waals surface area contributed by atoms with Gasteiger partial charge in [-0.15, -0.1) is 0 Å². The van der Waals surface area contributed by atoms with Gasteiger partial charge in [0.2, 0.25) is 0 Å². The SMILES string of the molecule is CCC(O)CC(=O)O.CCCCCCCC(O)CC(=O)O. The highest BCUT2D eigenvalue weighted by Crippen LogP contribution is 2.08. The third-order valence-corrected chi connectivity index (χ3v) is 2.93. The van der Waals surface area contributed by atoms with Crippen molar-refractivity contribution >= 4 is 11.9 Å². The highest BCUT2D eigenvalue weighted by molar-refractivity contribution is 5.67. The van der Waals surface area contributed by atoms with Gasteiger partial charge in [0.25, 0.3) is 0 Å². The Hall–Kier alpha value is -1.14. The molecule has 21 heavy (non-hydrogen) atoms. The summed E-state index contributed by atoms with van der Waals surface area (Å²) in [6.07, 6.45) is 5.21. The minimum atomic E-state index is -0.945. The van der Waals surface area contributed by atoms with Crippen LogP contribution < -0.4 is 0 Å². The molecule has 2 unspecified atom stereocenters. The summed E-state index contributed by atoms with van der Waals surface area (Å²) >= 11 is 0. The van der Waals surface area contributed by atoms with E-state index in [0.717, 1.165) is 12.8 Å². The zero-order chi connectivity index (χ0) is 16.7. The van der Waals surface area contributed by atoms with Gasteiger partial charge in [-0.05, 0) is 12.8 Å². The van der Waals surface area contributed by atoms with Crippen molar-refractivity contribution in [1.82, 2.24) is 0 Å². The average molecular weight is 306 g/mol. The van der Waals surface area contributed by atoms with Crippen LogP contribution in [0, 0.1) is 0 Å². The first kappa shape index (κ1) is 22.1. The molecule has 0 aromatic heterocycles. The molecule has 6 nitrogen and oxygen atoms in total. The molecule has 0 radical (unpaired) electrons. The monoisotopic (exact) mass is 306 g/mol. The molecule has 0 saturated heterocycles. The first-order valence-corrected chi connectivity index (χ1v) is 7.63. The number of hydrogen-bond donors (Lipinski definition) is 4. The van der Waals surface area contributed by atoms with Gasteiger partial charge in [0.15, 0.2) is 0 Å². The first-order chi connectivity index (χ1) is 9.83. The van der Waals surface area contributed by atoms with Gasteiger partial charge in [-0.3, -0.25) is 9.59 Å². The van der Waals surface area contributed by atoms with Crippen LogP contribution in [-0.4, -0.2) is 44.6 Å². The molecule has 0 bridgehead atoms. The second-order valence-electron chi connectivity index (χ2n) is 5.11. The number of hydrogen-bond acceptors (Lipinski definition) is 4. The average Bonchev–Trinajstić information content (AvgIpc) is 2.37. The van der Waals surface area contributed by atoms with Crippen LogP contribution in [0.4, 0.5) is 0 Å². The molecule has 0 spiro atoms. The summed E-state index contributed by atoms with van der Waals surface area (Å²) in [4.78, 5) is 20.0. The standard InChI is InChI=1S/C10H20O3.C5H10O3/c1-2-3-4-5-6-7-9(11)8-10(12)13;1-2-4(6)3-5(7)8/h9,11H,2-8H2,1H3,(H,12,13);4,6H,2-3H2,1H3,(H,7,8). The summed E-state index contributed by atoms with van der Waals surface area (Å²) in [6, 6.07) is 0. The Bertz CT molecular complexity index is 267.